The first-order valence-electron chi connectivity index (χ1n) is 9.38. The molecule has 0 atom stereocenters. The van der Waals surface area contributed by atoms with Crippen LogP contribution in [0, 0.1) is 20.8 Å². The van der Waals surface area contributed by atoms with Crippen LogP contribution in [-0.4, -0.2) is 17.0 Å². The van der Waals surface area contributed by atoms with Crippen LogP contribution in [0.15, 0.2) is 54.6 Å². The zero-order valence-corrected chi connectivity index (χ0v) is 16.6. The van der Waals surface area contributed by atoms with E-state index < -0.39 is 11.7 Å². The maximum absolute atomic E-state index is 13.4. The second-order valence-corrected chi connectivity index (χ2v) is 7.13. The third-order valence-electron chi connectivity index (χ3n) is 4.95. The van der Waals surface area contributed by atoms with Gasteiger partial charge in [-0.3, -0.25) is 4.79 Å². The molecule has 0 bridgehead atoms. The van der Waals surface area contributed by atoms with Crippen molar-refractivity contribution in [2.45, 2.75) is 33.4 Å². The van der Waals surface area contributed by atoms with Crippen LogP contribution in [0.4, 0.5) is 13.2 Å². The first-order chi connectivity index (χ1) is 13.7. The molecule has 0 aliphatic heterocycles. The number of hydrogen-bond donors (Lipinski definition) is 1. The average molecular weight is 400 g/mol. The number of benzene rings is 2. The minimum atomic E-state index is -4.48. The van der Waals surface area contributed by atoms with Crippen LogP contribution in [0.1, 0.15) is 38.4 Å². The van der Waals surface area contributed by atoms with E-state index in [2.05, 4.69) is 5.32 Å². The van der Waals surface area contributed by atoms with Crippen LogP contribution in [0.3, 0.4) is 0 Å². The predicted molar refractivity (Wildman–Crippen MR) is 107 cm³/mol. The van der Waals surface area contributed by atoms with Crippen molar-refractivity contribution in [3.63, 3.8) is 0 Å². The second kappa shape index (κ2) is 8.15. The van der Waals surface area contributed by atoms with Crippen molar-refractivity contribution in [2.75, 3.05) is 6.54 Å². The minimum Gasteiger partial charge on any atom is -0.352 e. The summed E-state index contributed by atoms with van der Waals surface area (Å²) in [6.45, 7) is 5.82. The summed E-state index contributed by atoms with van der Waals surface area (Å²) in [7, 11) is 0. The van der Waals surface area contributed by atoms with Crippen LogP contribution in [0.2, 0.25) is 0 Å². The van der Waals surface area contributed by atoms with E-state index in [1.807, 2.05) is 31.2 Å². The number of nitrogens with zero attached hydrogens (tertiary/aromatic N) is 1. The van der Waals surface area contributed by atoms with Gasteiger partial charge in [-0.05, 0) is 51.0 Å². The summed E-state index contributed by atoms with van der Waals surface area (Å²) >= 11 is 0. The Bertz CT molecular complexity index is 1020. The number of alkyl halides is 3. The summed E-state index contributed by atoms with van der Waals surface area (Å²) < 4.78 is 41.8. The van der Waals surface area contributed by atoms with Crippen LogP contribution >= 0.6 is 0 Å². The molecule has 29 heavy (non-hydrogen) atoms. The lowest BCUT2D eigenvalue weighted by Crippen LogP contribution is -2.26. The lowest BCUT2D eigenvalue weighted by atomic mass is 10.1. The predicted octanol–water partition coefficient (Wildman–Crippen LogP) is 5.39. The highest BCUT2D eigenvalue weighted by atomic mass is 19.4. The van der Waals surface area contributed by atoms with Crippen LogP contribution in [0.5, 0.6) is 0 Å². The van der Waals surface area contributed by atoms with Gasteiger partial charge in [-0.2, -0.15) is 13.2 Å². The number of carbonyl (C=O) groups excluding carboxylic acids is 1. The minimum absolute atomic E-state index is 0.0219. The highest BCUT2D eigenvalue weighted by Gasteiger charge is 2.34. The molecule has 0 spiro atoms. The standard InChI is InChI=1S/C23H23F3N2O/c1-15-8-10-18(11-9-15)12-13-27-22(29)19-14-16(2)28(17(19)3)21-7-5-4-6-20(21)23(24,25)26/h4-11,14H,12-13H2,1-3H3,(H,27,29). The molecule has 1 N–H and O–H groups in total. The Morgan fingerprint density at radius 3 is 2.31 bits per heavy atom. The molecule has 0 aliphatic carbocycles. The smallest absolute Gasteiger partial charge is 0.352 e. The lowest BCUT2D eigenvalue weighted by Gasteiger charge is -2.16. The monoisotopic (exact) mass is 400 g/mol. The molecule has 3 nitrogen and oxygen atoms in total. The fourth-order valence-electron chi connectivity index (χ4n) is 3.44. The zero-order chi connectivity index (χ0) is 21.2. The van der Waals surface area contributed by atoms with Gasteiger partial charge in [0.25, 0.3) is 5.91 Å². The van der Waals surface area contributed by atoms with E-state index in [1.54, 1.807) is 26.0 Å². The molecule has 1 amide bonds. The molecule has 0 fully saturated rings. The fourth-order valence-corrected chi connectivity index (χ4v) is 3.44. The largest absolute Gasteiger partial charge is 0.418 e. The first-order valence-corrected chi connectivity index (χ1v) is 9.38. The Kier molecular flexibility index (Phi) is 5.82. The van der Waals surface area contributed by atoms with Crippen LogP contribution in [0.25, 0.3) is 5.69 Å². The number of halogens is 3. The van der Waals surface area contributed by atoms with E-state index in [9.17, 15) is 18.0 Å². The summed E-state index contributed by atoms with van der Waals surface area (Å²) in [6, 6.07) is 15.1. The Morgan fingerprint density at radius 2 is 1.66 bits per heavy atom. The van der Waals surface area contributed by atoms with Crippen molar-refractivity contribution < 1.29 is 18.0 Å². The van der Waals surface area contributed by atoms with Crippen LogP contribution in [-0.2, 0) is 12.6 Å². The van der Waals surface area contributed by atoms with Gasteiger partial charge in [0.05, 0.1) is 16.8 Å². The normalized spacial score (nSPS) is 11.5. The number of hydrogen-bond acceptors (Lipinski definition) is 1. The molecule has 1 aromatic heterocycles. The molecular weight excluding hydrogens is 377 g/mol. The van der Waals surface area contributed by atoms with E-state index in [0.29, 0.717) is 29.9 Å². The van der Waals surface area contributed by atoms with Gasteiger partial charge >= 0.3 is 6.18 Å². The molecule has 3 aromatic rings. The number of rotatable bonds is 5. The third-order valence-corrected chi connectivity index (χ3v) is 4.95. The highest BCUT2D eigenvalue weighted by molar-refractivity contribution is 5.96. The molecule has 0 saturated carbocycles. The lowest BCUT2D eigenvalue weighted by molar-refractivity contribution is -0.137. The van der Waals surface area contributed by atoms with Gasteiger partial charge in [0, 0.05) is 17.9 Å². The molecule has 3 rings (SSSR count). The molecule has 152 valence electrons. The van der Waals surface area contributed by atoms with Gasteiger partial charge < -0.3 is 9.88 Å². The highest BCUT2D eigenvalue weighted by Crippen LogP contribution is 2.35. The van der Waals surface area contributed by atoms with Crippen molar-refractivity contribution in [1.82, 2.24) is 9.88 Å². The Hall–Kier alpha value is -3.02. The van der Waals surface area contributed by atoms with E-state index in [-0.39, 0.29) is 11.6 Å². The number of amides is 1. The van der Waals surface area contributed by atoms with Crippen LogP contribution < -0.4 is 5.32 Å². The summed E-state index contributed by atoms with van der Waals surface area (Å²) in [6.07, 6.45) is -3.79. The number of carbonyl (C=O) groups is 1. The topological polar surface area (TPSA) is 34.0 Å². The van der Waals surface area contributed by atoms with Gasteiger partial charge in [0.1, 0.15) is 0 Å². The SMILES string of the molecule is Cc1ccc(CCNC(=O)c2cc(C)n(-c3ccccc3C(F)(F)F)c2C)cc1. The van der Waals surface area contributed by atoms with Crippen molar-refractivity contribution >= 4 is 5.91 Å². The molecule has 2 aromatic carbocycles. The maximum atomic E-state index is 13.4. The van der Waals surface area contributed by atoms with E-state index in [0.717, 1.165) is 11.6 Å². The molecular formula is C23H23F3N2O. The number of aryl methyl sites for hydroxylation is 2. The second-order valence-electron chi connectivity index (χ2n) is 7.13. The van der Waals surface area contributed by atoms with Crippen molar-refractivity contribution in [3.8, 4) is 5.69 Å². The number of aromatic nitrogens is 1. The Morgan fingerprint density at radius 1 is 1.00 bits per heavy atom. The molecule has 0 radical (unpaired) electrons. The van der Waals surface area contributed by atoms with E-state index >= 15 is 0 Å². The van der Waals surface area contributed by atoms with Crippen molar-refractivity contribution in [2.24, 2.45) is 0 Å². The average Bonchev–Trinajstić information content (AvgIpc) is 2.97. The van der Waals surface area contributed by atoms with Crippen molar-refractivity contribution in [1.29, 1.82) is 0 Å². The maximum Gasteiger partial charge on any atom is 0.418 e. The van der Waals surface area contributed by atoms with Gasteiger partial charge in [-0.25, -0.2) is 0 Å². The third kappa shape index (κ3) is 4.53. The molecule has 6 heteroatoms. The number of para-hydroxylation sites is 1. The summed E-state index contributed by atoms with van der Waals surface area (Å²) in [5, 5.41) is 2.87. The van der Waals surface area contributed by atoms with Gasteiger partial charge in [0.2, 0.25) is 0 Å². The quantitative estimate of drug-likeness (QED) is 0.612. The summed E-state index contributed by atoms with van der Waals surface area (Å²) in [5.41, 5.74) is 3.00. The van der Waals surface area contributed by atoms with E-state index in [1.165, 1.54) is 22.3 Å². The summed E-state index contributed by atoms with van der Waals surface area (Å²) in [5.74, 6) is -0.291. The first kappa shape index (κ1) is 20.7. The Balaban J connectivity index is 1.81. The molecule has 0 aliphatic rings. The zero-order valence-electron chi connectivity index (χ0n) is 16.6. The number of nitrogens with one attached hydrogen (secondary N) is 1. The van der Waals surface area contributed by atoms with Gasteiger partial charge in [-0.1, -0.05) is 42.0 Å². The van der Waals surface area contributed by atoms with Gasteiger partial charge in [0.15, 0.2) is 0 Å². The van der Waals surface area contributed by atoms with Crippen molar-refractivity contribution in [3.05, 3.63) is 88.2 Å². The summed E-state index contributed by atoms with van der Waals surface area (Å²) in [4.78, 5) is 12.6. The Labute approximate surface area is 168 Å². The van der Waals surface area contributed by atoms with E-state index in [4.69, 9.17) is 0 Å². The molecule has 0 unspecified atom stereocenters. The molecule has 1 heterocycles. The fraction of sp³-hybridized carbons (Fsp3) is 0.261. The van der Waals surface area contributed by atoms with Gasteiger partial charge in [-0.15, -0.1) is 0 Å². The molecule has 0 saturated heterocycles.